The number of methoxy groups -OCH3 is 1. The first kappa shape index (κ1) is 14.6. The molecule has 1 unspecified atom stereocenters. The molecule has 1 rings (SSSR count). The van der Waals surface area contributed by atoms with E-state index in [2.05, 4.69) is 10.5 Å². The number of amides is 2. The third-order valence-electron chi connectivity index (χ3n) is 2.79. The van der Waals surface area contributed by atoms with Crippen molar-refractivity contribution in [2.45, 2.75) is 13.0 Å². The molecule has 0 radical (unpaired) electrons. The van der Waals surface area contributed by atoms with Crippen LogP contribution in [-0.4, -0.2) is 42.2 Å². The first-order chi connectivity index (χ1) is 9.01. The molecule has 0 saturated heterocycles. The van der Waals surface area contributed by atoms with Gasteiger partial charge in [-0.15, -0.1) is 0 Å². The molecule has 0 fully saturated rings. The zero-order valence-electron chi connectivity index (χ0n) is 11.1. The van der Waals surface area contributed by atoms with Crippen molar-refractivity contribution in [1.82, 2.24) is 4.90 Å². The van der Waals surface area contributed by atoms with E-state index in [0.717, 1.165) is 0 Å². The molecule has 7 nitrogen and oxygen atoms in total. The molecule has 19 heavy (non-hydrogen) atoms. The Morgan fingerprint density at radius 3 is 2.74 bits per heavy atom. The summed E-state index contributed by atoms with van der Waals surface area (Å²) in [6.45, 7) is 1.65. The van der Waals surface area contributed by atoms with Crippen LogP contribution in [0.4, 0.5) is 10.5 Å². The van der Waals surface area contributed by atoms with Gasteiger partial charge in [-0.25, -0.2) is 4.79 Å². The molecule has 4 N–H and O–H groups in total. The Kier molecular flexibility index (Phi) is 4.99. The third-order valence-corrected chi connectivity index (χ3v) is 2.79. The number of urea groups is 1. The monoisotopic (exact) mass is 266 g/mol. The highest BCUT2D eigenvalue weighted by Gasteiger charge is 2.20. The van der Waals surface area contributed by atoms with Gasteiger partial charge in [0.25, 0.3) is 0 Å². The summed E-state index contributed by atoms with van der Waals surface area (Å²) in [5, 5.41) is 14.2. The van der Waals surface area contributed by atoms with E-state index in [1.165, 1.54) is 12.0 Å². The summed E-state index contributed by atoms with van der Waals surface area (Å²) in [5.74, 6) is 0.512. The largest absolute Gasteiger partial charge is 0.495 e. The zero-order chi connectivity index (χ0) is 14.4. The van der Waals surface area contributed by atoms with Crippen molar-refractivity contribution in [2.75, 3.05) is 19.5 Å². The van der Waals surface area contributed by atoms with E-state index < -0.39 is 6.04 Å². The van der Waals surface area contributed by atoms with E-state index in [1.54, 1.807) is 38.2 Å². The van der Waals surface area contributed by atoms with Gasteiger partial charge in [0.15, 0.2) is 5.84 Å². The molecule has 0 spiro atoms. The number of para-hydroxylation sites is 2. The number of benzene rings is 1. The topological polar surface area (TPSA) is 100 Å². The van der Waals surface area contributed by atoms with Gasteiger partial charge in [0.05, 0.1) is 18.8 Å². The maximum atomic E-state index is 12.0. The Bertz CT molecular complexity index is 476. The summed E-state index contributed by atoms with van der Waals surface area (Å²) in [4.78, 5) is 13.3. The van der Waals surface area contributed by atoms with Gasteiger partial charge in [-0.05, 0) is 19.1 Å². The highest BCUT2D eigenvalue weighted by atomic mass is 16.5. The lowest BCUT2D eigenvalue weighted by Crippen LogP contribution is -2.45. The standard InChI is InChI=1S/C12H18N4O3/c1-8(11(13)15-18)16(2)12(17)14-9-6-4-5-7-10(9)19-3/h4-8,18H,1-3H3,(H2,13,15)(H,14,17). The minimum atomic E-state index is -0.528. The average Bonchev–Trinajstić information content (AvgIpc) is 2.45. The van der Waals surface area contributed by atoms with Gasteiger partial charge >= 0.3 is 6.03 Å². The van der Waals surface area contributed by atoms with Gasteiger partial charge in [0.1, 0.15) is 5.75 Å². The summed E-state index contributed by atoms with van der Waals surface area (Å²) in [6.07, 6.45) is 0. The van der Waals surface area contributed by atoms with Crippen molar-refractivity contribution >= 4 is 17.6 Å². The molecule has 1 atom stereocenters. The zero-order valence-corrected chi connectivity index (χ0v) is 11.1. The van der Waals surface area contributed by atoms with Crippen LogP contribution in [0.15, 0.2) is 29.4 Å². The first-order valence-electron chi connectivity index (χ1n) is 5.65. The molecule has 0 aliphatic carbocycles. The van der Waals surface area contributed by atoms with Crippen LogP contribution in [0.5, 0.6) is 5.75 Å². The first-order valence-corrected chi connectivity index (χ1v) is 5.65. The van der Waals surface area contributed by atoms with Gasteiger partial charge in [-0.2, -0.15) is 0 Å². The quantitative estimate of drug-likeness (QED) is 0.331. The number of carbonyl (C=O) groups excluding carboxylic acids is 1. The van der Waals surface area contributed by atoms with E-state index in [9.17, 15) is 4.79 Å². The molecule has 0 aliphatic rings. The smallest absolute Gasteiger partial charge is 0.322 e. The second kappa shape index (κ2) is 6.48. The van der Waals surface area contributed by atoms with Crippen molar-refractivity contribution in [3.05, 3.63) is 24.3 Å². The van der Waals surface area contributed by atoms with E-state index in [1.807, 2.05) is 0 Å². The maximum absolute atomic E-state index is 12.0. The SMILES string of the molecule is COc1ccccc1NC(=O)N(C)C(C)C(N)=NO. The normalized spacial score (nSPS) is 12.7. The Balaban J connectivity index is 2.79. The summed E-state index contributed by atoms with van der Waals surface area (Å²) in [5.41, 5.74) is 6.01. The number of nitrogens with one attached hydrogen (secondary N) is 1. The van der Waals surface area contributed by atoms with Gasteiger partial charge in [-0.3, -0.25) is 0 Å². The van der Waals surface area contributed by atoms with Crippen molar-refractivity contribution in [3.63, 3.8) is 0 Å². The van der Waals surface area contributed by atoms with Gasteiger partial charge < -0.3 is 25.9 Å². The molecule has 7 heteroatoms. The predicted molar refractivity (Wildman–Crippen MR) is 72.6 cm³/mol. The number of hydrogen-bond acceptors (Lipinski definition) is 4. The fourth-order valence-electron chi connectivity index (χ4n) is 1.41. The van der Waals surface area contributed by atoms with Crippen LogP contribution < -0.4 is 15.8 Å². The third kappa shape index (κ3) is 3.51. The maximum Gasteiger partial charge on any atom is 0.322 e. The highest BCUT2D eigenvalue weighted by Crippen LogP contribution is 2.23. The Hall–Kier alpha value is -2.44. The molecule has 104 valence electrons. The molecule has 0 bridgehead atoms. The van der Waals surface area contributed by atoms with E-state index in [0.29, 0.717) is 11.4 Å². The fraction of sp³-hybridized carbons (Fsp3) is 0.333. The van der Waals surface area contributed by atoms with Crippen molar-refractivity contribution < 1.29 is 14.7 Å². The minimum absolute atomic E-state index is 0.0438. The molecule has 0 aromatic heterocycles. The van der Waals surface area contributed by atoms with Crippen LogP contribution in [0.2, 0.25) is 0 Å². The lowest BCUT2D eigenvalue weighted by Gasteiger charge is -2.24. The molecule has 0 saturated carbocycles. The number of hydrogen-bond donors (Lipinski definition) is 3. The number of amidine groups is 1. The van der Waals surface area contributed by atoms with Crippen LogP contribution in [0.25, 0.3) is 0 Å². The van der Waals surface area contributed by atoms with Crippen LogP contribution in [0.3, 0.4) is 0 Å². The number of nitrogens with zero attached hydrogens (tertiary/aromatic N) is 2. The van der Waals surface area contributed by atoms with Gasteiger partial charge in [0.2, 0.25) is 0 Å². The fourth-order valence-corrected chi connectivity index (χ4v) is 1.41. The van der Waals surface area contributed by atoms with E-state index in [4.69, 9.17) is 15.7 Å². The molecular formula is C12H18N4O3. The molecule has 0 aliphatic heterocycles. The number of likely N-dealkylation sites (N-methyl/N-ethyl adjacent to an activating group) is 1. The molecule has 0 heterocycles. The molecule has 1 aromatic rings. The van der Waals surface area contributed by atoms with Crippen molar-refractivity contribution in [2.24, 2.45) is 10.9 Å². The number of ether oxygens (including phenoxy) is 1. The number of oxime groups is 1. The average molecular weight is 266 g/mol. The second-order valence-electron chi connectivity index (χ2n) is 3.94. The highest BCUT2D eigenvalue weighted by molar-refractivity contribution is 5.95. The molecule has 1 aromatic carbocycles. The lowest BCUT2D eigenvalue weighted by atomic mass is 10.2. The van der Waals surface area contributed by atoms with Crippen LogP contribution in [0, 0.1) is 0 Å². The summed E-state index contributed by atoms with van der Waals surface area (Å²) in [7, 11) is 3.07. The van der Waals surface area contributed by atoms with E-state index in [-0.39, 0.29) is 11.9 Å². The minimum Gasteiger partial charge on any atom is -0.495 e. The lowest BCUT2D eigenvalue weighted by molar-refractivity contribution is 0.217. The summed E-state index contributed by atoms with van der Waals surface area (Å²) in [6, 6.07) is 6.13. The molecule has 2 amide bonds. The number of anilines is 1. The van der Waals surface area contributed by atoms with Crippen molar-refractivity contribution in [3.8, 4) is 5.75 Å². The summed E-state index contributed by atoms with van der Waals surface area (Å²) < 4.78 is 5.13. The van der Waals surface area contributed by atoms with Crippen LogP contribution in [-0.2, 0) is 0 Å². The summed E-state index contributed by atoms with van der Waals surface area (Å²) >= 11 is 0. The second-order valence-corrected chi connectivity index (χ2v) is 3.94. The van der Waals surface area contributed by atoms with E-state index >= 15 is 0 Å². The van der Waals surface area contributed by atoms with Crippen LogP contribution >= 0.6 is 0 Å². The predicted octanol–water partition coefficient (Wildman–Crippen LogP) is 1.29. The van der Waals surface area contributed by atoms with Crippen LogP contribution in [0.1, 0.15) is 6.92 Å². The van der Waals surface area contributed by atoms with Gasteiger partial charge in [0, 0.05) is 7.05 Å². The Morgan fingerprint density at radius 1 is 1.53 bits per heavy atom. The van der Waals surface area contributed by atoms with Crippen molar-refractivity contribution in [1.29, 1.82) is 0 Å². The number of carbonyl (C=O) groups is 1. The Morgan fingerprint density at radius 2 is 2.16 bits per heavy atom. The molecular weight excluding hydrogens is 248 g/mol. The van der Waals surface area contributed by atoms with Gasteiger partial charge in [-0.1, -0.05) is 17.3 Å². The number of rotatable bonds is 4. The number of nitrogens with two attached hydrogens (primary N) is 1. The Labute approximate surface area is 111 Å².